The highest BCUT2D eigenvalue weighted by Crippen LogP contribution is 2.38. The van der Waals surface area contributed by atoms with Crippen LogP contribution in [-0.2, 0) is 28.4 Å². The second-order valence-electron chi connectivity index (χ2n) is 14.5. The number of rotatable bonds is 11. The first kappa shape index (κ1) is 35.3. The third kappa shape index (κ3) is 7.58. The lowest BCUT2D eigenvalue weighted by Gasteiger charge is -2.37. The molecule has 2 unspecified atom stereocenters. The van der Waals surface area contributed by atoms with Gasteiger partial charge in [0.05, 0.1) is 12.3 Å². The van der Waals surface area contributed by atoms with E-state index in [0.29, 0.717) is 18.2 Å². The molecule has 0 amide bonds. The summed E-state index contributed by atoms with van der Waals surface area (Å²) in [6.07, 6.45) is 3.95. The Morgan fingerprint density at radius 1 is 0.904 bits per heavy atom. The van der Waals surface area contributed by atoms with Crippen LogP contribution in [0.5, 0.6) is 5.75 Å². The zero-order valence-corrected chi connectivity index (χ0v) is 29.9. The predicted octanol–water partition coefficient (Wildman–Crippen LogP) is 5.26. The summed E-state index contributed by atoms with van der Waals surface area (Å²) < 4.78 is 51.6. The number of piperazine rings is 1. The lowest BCUT2D eigenvalue weighted by atomic mass is 9.82. The monoisotopic (exact) mass is 714 g/mol. The molecular formula is C38H44F2N8O4. The molecule has 2 aromatic heterocycles. The Kier molecular flexibility index (Phi) is 9.86. The smallest absolute Gasteiger partial charge is 0.350 e. The van der Waals surface area contributed by atoms with Gasteiger partial charge in [0, 0.05) is 55.7 Å². The molecule has 5 aromatic rings. The van der Waals surface area contributed by atoms with Crippen molar-refractivity contribution in [2.75, 3.05) is 49.2 Å². The van der Waals surface area contributed by atoms with Crippen LogP contribution in [0.15, 0.2) is 90.5 Å². The predicted molar refractivity (Wildman–Crippen MR) is 192 cm³/mol. The number of benzene rings is 3. The van der Waals surface area contributed by atoms with E-state index in [4.69, 9.17) is 14.2 Å². The normalized spacial score (nSPS) is 20.0. The fraction of sp³-hybridized carbons (Fsp3) is 0.421. The van der Waals surface area contributed by atoms with Gasteiger partial charge in [-0.25, -0.2) is 32.5 Å². The molecule has 12 nitrogen and oxygen atoms in total. The van der Waals surface area contributed by atoms with Gasteiger partial charge in [0.1, 0.15) is 55.6 Å². The number of halogens is 2. The third-order valence-corrected chi connectivity index (χ3v) is 10.1. The lowest BCUT2D eigenvalue weighted by molar-refractivity contribution is -0.192. The Balaban J connectivity index is 0.914. The summed E-state index contributed by atoms with van der Waals surface area (Å²) >= 11 is 0. The maximum absolute atomic E-state index is 14.9. The molecule has 3 aromatic carbocycles. The van der Waals surface area contributed by atoms with Crippen LogP contribution in [0, 0.1) is 23.0 Å². The molecule has 4 heterocycles. The molecule has 0 saturated carbocycles. The van der Waals surface area contributed by atoms with Gasteiger partial charge in [0.15, 0.2) is 0 Å². The topological polar surface area (TPSA) is 105 Å². The maximum Gasteiger partial charge on any atom is 0.350 e. The van der Waals surface area contributed by atoms with E-state index in [1.807, 2.05) is 36.4 Å². The number of hydrogen-bond acceptors (Lipinski definition) is 9. The van der Waals surface area contributed by atoms with Gasteiger partial charge in [-0.2, -0.15) is 10.2 Å². The summed E-state index contributed by atoms with van der Waals surface area (Å²) in [5.41, 5.74) is 3.04. The van der Waals surface area contributed by atoms with Crippen molar-refractivity contribution >= 4 is 11.4 Å². The molecule has 0 bridgehead atoms. The molecule has 0 spiro atoms. The Morgan fingerprint density at radius 3 is 2.17 bits per heavy atom. The van der Waals surface area contributed by atoms with E-state index < -0.39 is 23.5 Å². The molecule has 2 saturated heterocycles. The van der Waals surface area contributed by atoms with Crippen molar-refractivity contribution in [3.63, 3.8) is 0 Å². The molecule has 3 atom stereocenters. The van der Waals surface area contributed by atoms with E-state index in [-0.39, 0.29) is 36.4 Å². The Labute approximate surface area is 301 Å². The average molecular weight is 715 g/mol. The highest BCUT2D eigenvalue weighted by Gasteiger charge is 2.46. The molecule has 7 rings (SSSR count). The molecular weight excluding hydrogens is 670 g/mol. The first-order chi connectivity index (χ1) is 25.0. The van der Waals surface area contributed by atoms with Gasteiger partial charge in [0.25, 0.3) is 0 Å². The van der Waals surface area contributed by atoms with Gasteiger partial charge >= 0.3 is 5.69 Å². The maximum atomic E-state index is 14.9. The van der Waals surface area contributed by atoms with Gasteiger partial charge in [-0.05, 0) is 72.0 Å². The van der Waals surface area contributed by atoms with Crippen molar-refractivity contribution in [1.82, 2.24) is 29.1 Å². The van der Waals surface area contributed by atoms with Crippen molar-refractivity contribution in [1.29, 1.82) is 0 Å². The number of anilines is 2. The molecule has 2 aliphatic heterocycles. The molecule has 274 valence electrons. The summed E-state index contributed by atoms with van der Waals surface area (Å²) in [5.74, 6) is -2.00. The largest absolute Gasteiger partial charge is 0.491 e. The minimum atomic E-state index is -1.51. The standard InChI is InChI=1S/C38H44F2N8O4/c1-27(37(2,3)4)20-48-36(49)47(26-43-48)31-8-6-29(7-9-31)44-15-17-45(18-16-44)30-10-12-32(13-11-30)50-21-33-22-51-38(52-33,23-46-25-41-24-42-46)34-14-5-28(39)19-35(34)40/h5-14,19,24-27,33H,15-18,20-23H2,1-4H3/t27?,33-,38?/m0/s1. The number of aromatic nitrogens is 6. The molecule has 52 heavy (non-hydrogen) atoms. The highest BCUT2D eigenvalue weighted by atomic mass is 19.1. The summed E-state index contributed by atoms with van der Waals surface area (Å²) in [5, 5.41) is 8.48. The van der Waals surface area contributed by atoms with Gasteiger partial charge in [-0.1, -0.05) is 27.7 Å². The van der Waals surface area contributed by atoms with Crippen LogP contribution in [0.4, 0.5) is 20.2 Å². The fourth-order valence-electron chi connectivity index (χ4n) is 6.44. The van der Waals surface area contributed by atoms with Crippen molar-refractivity contribution in [3.05, 3.63) is 113 Å². The molecule has 0 radical (unpaired) electrons. The number of hydrogen-bond donors (Lipinski definition) is 0. The van der Waals surface area contributed by atoms with Crippen molar-refractivity contribution < 1.29 is 23.0 Å². The van der Waals surface area contributed by atoms with Gasteiger partial charge in [0.2, 0.25) is 5.79 Å². The summed E-state index contributed by atoms with van der Waals surface area (Å²) in [6.45, 7) is 13.0. The second-order valence-corrected chi connectivity index (χ2v) is 14.5. The Bertz CT molecular complexity index is 2000. The second kappa shape index (κ2) is 14.5. The molecule has 0 N–H and O–H groups in total. The van der Waals surface area contributed by atoms with Crippen LogP contribution in [0.3, 0.4) is 0 Å². The first-order valence-electron chi connectivity index (χ1n) is 17.5. The fourth-order valence-corrected chi connectivity index (χ4v) is 6.44. The molecule has 2 fully saturated rings. The lowest BCUT2D eigenvalue weighted by Crippen LogP contribution is -2.46. The van der Waals surface area contributed by atoms with Crippen LogP contribution in [0.2, 0.25) is 0 Å². The van der Waals surface area contributed by atoms with Crippen LogP contribution in [0.25, 0.3) is 5.69 Å². The van der Waals surface area contributed by atoms with E-state index >= 15 is 0 Å². The minimum Gasteiger partial charge on any atom is -0.491 e. The molecule has 0 aliphatic carbocycles. The average Bonchev–Trinajstić information content (AvgIpc) is 3.89. The quantitative estimate of drug-likeness (QED) is 0.181. The van der Waals surface area contributed by atoms with Gasteiger partial charge < -0.3 is 24.0 Å². The number of nitrogens with zero attached hydrogens (tertiary/aromatic N) is 8. The van der Waals surface area contributed by atoms with Crippen LogP contribution < -0.4 is 20.2 Å². The van der Waals surface area contributed by atoms with Gasteiger partial charge in [-0.15, -0.1) is 0 Å². The van der Waals surface area contributed by atoms with Crippen LogP contribution in [0.1, 0.15) is 33.3 Å². The molecule has 14 heteroatoms. The number of ether oxygens (including phenoxy) is 3. The SMILES string of the molecule is CC(Cn1ncn(-c2ccc(N3CCN(c4ccc(OC[C@H]5COC(Cn6cncn6)(c6ccc(F)cc6F)O5)cc4)CC3)cc2)c1=O)C(C)(C)C. The summed E-state index contributed by atoms with van der Waals surface area (Å²) in [6, 6.07) is 19.3. The van der Waals surface area contributed by atoms with Crippen LogP contribution in [-0.4, -0.2) is 74.6 Å². The zero-order valence-electron chi connectivity index (χ0n) is 29.9. The Hall–Kier alpha value is -5.08. The minimum absolute atomic E-state index is 0.0323. The van der Waals surface area contributed by atoms with Crippen LogP contribution >= 0.6 is 0 Å². The van der Waals surface area contributed by atoms with E-state index in [2.05, 4.69) is 64.8 Å². The zero-order chi connectivity index (χ0) is 36.5. The van der Waals surface area contributed by atoms with E-state index in [1.165, 1.54) is 29.5 Å². The van der Waals surface area contributed by atoms with E-state index in [0.717, 1.165) is 49.3 Å². The first-order valence-corrected chi connectivity index (χ1v) is 17.5. The third-order valence-electron chi connectivity index (χ3n) is 10.1. The Morgan fingerprint density at radius 2 is 1.56 bits per heavy atom. The van der Waals surface area contributed by atoms with Crippen molar-refractivity contribution in [2.45, 2.75) is 52.7 Å². The molecule has 2 aliphatic rings. The van der Waals surface area contributed by atoms with Crippen molar-refractivity contribution in [2.24, 2.45) is 11.3 Å². The summed E-state index contributed by atoms with van der Waals surface area (Å²) in [7, 11) is 0. The highest BCUT2D eigenvalue weighted by molar-refractivity contribution is 5.54. The van der Waals surface area contributed by atoms with E-state index in [9.17, 15) is 13.6 Å². The van der Waals surface area contributed by atoms with E-state index in [1.54, 1.807) is 15.6 Å². The summed E-state index contributed by atoms with van der Waals surface area (Å²) in [4.78, 5) is 21.7. The van der Waals surface area contributed by atoms with Gasteiger partial charge in [-0.3, -0.25) is 0 Å². The van der Waals surface area contributed by atoms with Crippen molar-refractivity contribution in [3.8, 4) is 11.4 Å².